The van der Waals surface area contributed by atoms with Gasteiger partial charge in [-0.1, -0.05) is 35.4 Å². The number of nitrogens with zero attached hydrogens (tertiary/aromatic N) is 2. The van der Waals surface area contributed by atoms with E-state index in [2.05, 4.69) is 15.9 Å². The number of amidine groups is 1. The Hall–Kier alpha value is -3.03. The lowest BCUT2D eigenvalue weighted by atomic mass is 10.1. The van der Waals surface area contributed by atoms with Crippen LogP contribution in [0.2, 0.25) is 0 Å². The minimum Gasteiger partial charge on any atom is -0.493 e. The lowest BCUT2D eigenvalue weighted by Gasteiger charge is -2.16. The number of halogens is 1. The highest BCUT2D eigenvalue weighted by Gasteiger charge is 2.34. The molecule has 0 atom stereocenters. The Labute approximate surface area is 212 Å². The van der Waals surface area contributed by atoms with Crippen molar-refractivity contribution in [3.8, 4) is 11.5 Å². The molecule has 0 spiro atoms. The first-order valence-corrected chi connectivity index (χ1v) is 12.5. The van der Waals surface area contributed by atoms with Crippen LogP contribution in [0.25, 0.3) is 6.08 Å². The summed E-state index contributed by atoms with van der Waals surface area (Å²) in [6.45, 7) is 6.50. The van der Waals surface area contributed by atoms with Crippen LogP contribution in [0.4, 0.5) is 11.4 Å². The third-order valence-corrected chi connectivity index (χ3v) is 6.75. The summed E-state index contributed by atoms with van der Waals surface area (Å²) < 4.78 is 12.0. The molecule has 0 unspecified atom stereocenters. The van der Waals surface area contributed by atoms with Gasteiger partial charge in [0.05, 0.1) is 34.5 Å². The van der Waals surface area contributed by atoms with Crippen LogP contribution in [-0.4, -0.2) is 24.8 Å². The monoisotopic (exact) mass is 536 g/mol. The van der Waals surface area contributed by atoms with Gasteiger partial charge in [-0.3, -0.25) is 9.69 Å². The minimum atomic E-state index is -0.122. The molecule has 1 saturated heterocycles. The van der Waals surface area contributed by atoms with Gasteiger partial charge in [0.1, 0.15) is 0 Å². The van der Waals surface area contributed by atoms with Crippen molar-refractivity contribution in [3.05, 3.63) is 86.7 Å². The summed E-state index contributed by atoms with van der Waals surface area (Å²) in [5, 5.41) is 0.612. The third-order valence-electron chi connectivity index (χ3n) is 5.20. The third kappa shape index (κ3) is 5.21. The van der Waals surface area contributed by atoms with Crippen molar-refractivity contribution in [2.75, 3.05) is 18.6 Å². The van der Waals surface area contributed by atoms with Crippen LogP contribution in [0, 0.1) is 13.8 Å². The first kappa shape index (κ1) is 24.1. The summed E-state index contributed by atoms with van der Waals surface area (Å²) in [5.74, 6) is 1.12. The number of rotatable bonds is 6. The molecule has 0 radical (unpaired) electrons. The maximum absolute atomic E-state index is 13.5. The van der Waals surface area contributed by atoms with Crippen LogP contribution >= 0.6 is 27.7 Å². The molecule has 3 aromatic rings. The number of methoxy groups -OCH3 is 1. The summed E-state index contributed by atoms with van der Waals surface area (Å²) >= 11 is 4.92. The first-order valence-electron chi connectivity index (χ1n) is 10.9. The van der Waals surface area contributed by atoms with Crippen LogP contribution in [0.3, 0.4) is 0 Å². The van der Waals surface area contributed by atoms with Gasteiger partial charge in [0.15, 0.2) is 16.7 Å². The number of hydrogen-bond donors (Lipinski definition) is 0. The number of benzene rings is 3. The Morgan fingerprint density at radius 2 is 1.68 bits per heavy atom. The van der Waals surface area contributed by atoms with Gasteiger partial charge in [0.2, 0.25) is 0 Å². The van der Waals surface area contributed by atoms with Crippen molar-refractivity contribution in [1.82, 2.24) is 0 Å². The molecule has 4 rings (SSSR count). The second-order valence-corrected chi connectivity index (χ2v) is 9.65. The first-order chi connectivity index (χ1) is 16.4. The van der Waals surface area contributed by atoms with Gasteiger partial charge in [0, 0.05) is 0 Å². The zero-order chi connectivity index (χ0) is 24.2. The van der Waals surface area contributed by atoms with E-state index < -0.39 is 0 Å². The highest BCUT2D eigenvalue weighted by Crippen LogP contribution is 2.40. The highest BCUT2D eigenvalue weighted by molar-refractivity contribution is 9.10. The number of anilines is 1. The molecular weight excluding hydrogens is 512 g/mol. The lowest BCUT2D eigenvalue weighted by Crippen LogP contribution is -2.28. The molecule has 5 nitrogen and oxygen atoms in total. The number of amides is 1. The van der Waals surface area contributed by atoms with Gasteiger partial charge >= 0.3 is 0 Å². The Bertz CT molecular complexity index is 1270. The normalized spacial score (nSPS) is 15.9. The quantitative estimate of drug-likeness (QED) is 0.310. The van der Waals surface area contributed by atoms with Crippen LogP contribution in [0.1, 0.15) is 23.6 Å². The van der Waals surface area contributed by atoms with E-state index in [9.17, 15) is 4.79 Å². The van der Waals surface area contributed by atoms with E-state index >= 15 is 0 Å². The van der Waals surface area contributed by atoms with Gasteiger partial charge in [0.25, 0.3) is 5.91 Å². The van der Waals surface area contributed by atoms with Crippen molar-refractivity contribution in [3.63, 3.8) is 0 Å². The molecule has 1 fully saturated rings. The minimum absolute atomic E-state index is 0.122. The predicted octanol–water partition coefficient (Wildman–Crippen LogP) is 7.28. The largest absolute Gasteiger partial charge is 0.493 e. The number of aliphatic imine (C=N–C) groups is 1. The van der Waals surface area contributed by atoms with Gasteiger partial charge < -0.3 is 9.47 Å². The fraction of sp³-hybridized carbons (Fsp3) is 0.185. The fourth-order valence-corrected chi connectivity index (χ4v) is 5.03. The van der Waals surface area contributed by atoms with Crippen LogP contribution < -0.4 is 14.4 Å². The molecule has 7 heteroatoms. The Kier molecular flexibility index (Phi) is 7.44. The number of thioether (sulfide) groups is 1. The summed E-state index contributed by atoms with van der Waals surface area (Å²) in [5.41, 5.74) is 4.68. The Morgan fingerprint density at radius 3 is 2.29 bits per heavy atom. The maximum atomic E-state index is 13.5. The standard InChI is InChI=1S/C27H25BrN2O3S/c1-5-33-25-22(28)14-19(15-23(25)32-4)16-24-26(31)30(21-12-8-18(3)9-13-21)27(34-24)29-20-10-6-17(2)7-11-20/h6-16H,5H2,1-4H3/b24-16+,29-27?. The van der Waals surface area contributed by atoms with Crippen LogP contribution in [-0.2, 0) is 4.79 Å². The number of ether oxygens (including phenoxy) is 2. The van der Waals surface area contributed by atoms with Gasteiger partial charge in [-0.05, 0) is 96.5 Å². The zero-order valence-corrected chi connectivity index (χ0v) is 21.9. The average molecular weight is 537 g/mol. The molecule has 0 saturated carbocycles. The zero-order valence-electron chi connectivity index (χ0n) is 19.5. The Balaban J connectivity index is 1.76. The number of aryl methyl sites for hydroxylation is 2. The smallest absolute Gasteiger partial charge is 0.271 e. The van der Waals surface area contributed by atoms with E-state index in [0.717, 1.165) is 32.5 Å². The van der Waals surface area contributed by atoms with Crippen molar-refractivity contribution in [2.24, 2.45) is 4.99 Å². The maximum Gasteiger partial charge on any atom is 0.271 e. The molecule has 1 aliphatic rings. The molecule has 3 aromatic carbocycles. The van der Waals surface area contributed by atoms with Crippen molar-refractivity contribution in [1.29, 1.82) is 0 Å². The molecule has 1 aliphatic heterocycles. The topological polar surface area (TPSA) is 51.1 Å². The number of carbonyl (C=O) groups is 1. The van der Waals surface area contributed by atoms with Crippen LogP contribution in [0.5, 0.6) is 11.5 Å². The second-order valence-electron chi connectivity index (χ2n) is 7.78. The van der Waals surface area contributed by atoms with Crippen molar-refractivity contribution >= 4 is 56.2 Å². The summed E-state index contributed by atoms with van der Waals surface area (Å²) in [7, 11) is 1.60. The molecule has 1 heterocycles. The average Bonchev–Trinajstić information content (AvgIpc) is 3.12. The van der Waals surface area contributed by atoms with E-state index in [0.29, 0.717) is 28.2 Å². The van der Waals surface area contributed by atoms with E-state index in [1.807, 2.05) is 87.5 Å². The molecular formula is C27H25BrN2O3S. The molecule has 0 bridgehead atoms. The van der Waals surface area contributed by atoms with Gasteiger partial charge in [-0.15, -0.1) is 0 Å². The summed E-state index contributed by atoms with van der Waals surface area (Å²) in [4.78, 5) is 20.6. The fourth-order valence-electron chi connectivity index (χ4n) is 3.46. The molecule has 0 aromatic heterocycles. The molecule has 174 valence electrons. The van der Waals surface area contributed by atoms with Crippen molar-refractivity contribution < 1.29 is 14.3 Å². The lowest BCUT2D eigenvalue weighted by molar-refractivity contribution is -0.113. The molecule has 1 amide bonds. The molecule has 34 heavy (non-hydrogen) atoms. The number of hydrogen-bond acceptors (Lipinski definition) is 5. The van der Waals surface area contributed by atoms with E-state index in [1.165, 1.54) is 11.8 Å². The summed E-state index contributed by atoms with van der Waals surface area (Å²) in [6, 6.07) is 19.6. The van der Waals surface area contributed by atoms with Gasteiger partial charge in [-0.2, -0.15) is 0 Å². The summed E-state index contributed by atoms with van der Waals surface area (Å²) in [6.07, 6.45) is 1.86. The SMILES string of the molecule is CCOc1c(Br)cc(/C=C2/SC(=Nc3ccc(C)cc3)N(c3ccc(C)cc3)C2=O)cc1OC. The van der Waals surface area contributed by atoms with Gasteiger partial charge in [-0.25, -0.2) is 4.99 Å². The van der Waals surface area contributed by atoms with E-state index in [4.69, 9.17) is 14.5 Å². The second kappa shape index (κ2) is 10.5. The Morgan fingerprint density at radius 1 is 1.03 bits per heavy atom. The number of carbonyl (C=O) groups excluding carboxylic acids is 1. The predicted molar refractivity (Wildman–Crippen MR) is 144 cm³/mol. The van der Waals surface area contributed by atoms with Crippen LogP contribution in [0.15, 0.2) is 75.0 Å². The highest BCUT2D eigenvalue weighted by atomic mass is 79.9. The van der Waals surface area contributed by atoms with E-state index in [1.54, 1.807) is 12.0 Å². The molecule has 0 aliphatic carbocycles. The van der Waals surface area contributed by atoms with E-state index in [-0.39, 0.29) is 5.91 Å². The van der Waals surface area contributed by atoms with Crippen molar-refractivity contribution in [2.45, 2.75) is 20.8 Å². The molecule has 0 N–H and O–H groups in total.